The highest BCUT2D eigenvalue weighted by atomic mass is 16.3. The Labute approximate surface area is 141 Å². The zero-order valence-corrected chi connectivity index (χ0v) is 14.2. The molecule has 0 aliphatic rings. The molecule has 2 rings (SSSR count). The molecule has 0 aliphatic heterocycles. The van der Waals surface area contributed by atoms with Crippen molar-refractivity contribution < 1.29 is 5.11 Å². The molecule has 24 heavy (non-hydrogen) atoms. The van der Waals surface area contributed by atoms with Crippen LogP contribution in [0.15, 0.2) is 34.1 Å². The number of aliphatic imine (C=N–C) groups is 1. The molecule has 0 radical (unpaired) electrons. The van der Waals surface area contributed by atoms with E-state index >= 15 is 0 Å². The van der Waals surface area contributed by atoms with E-state index < -0.39 is 5.56 Å². The lowest BCUT2D eigenvalue weighted by Gasteiger charge is -2.13. The van der Waals surface area contributed by atoms with Crippen molar-refractivity contribution in [3.63, 3.8) is 0 Å². The smallest absolute Gasteiger partial charge is 0.271 e. The minimum absolute atomic E-state index is 0.0502. The van der Waals surface area contributed by atoms with Crippen LogP contribution in [-0.4, -0.2) is 15.9 Å². The van der Waals surface area contributed by atoms with Crippen LogP contribution < -0.4 is 5.56 Å². The van der Waals surface area contributed by atoms with Crippen molar-refractivity contribution in [2.45, 2.75) is 40.2 Å². The molecule has 0 atom stereocenters. The molecule has 1 aromatic heterocycles. The summed E-state index contributed by atoms with van der Waals surface area (Å²) >= 11 is 0. The number of hydrogen-bond donors (Lipinski definition) is 1. The second-order valence-electron chi connectivity index (χ2n) is 5.75. The maximum absolute atomic E-state index is 12.3. The van der Waals surface area contributed by atoms with E-state index in [1.807, 2.05) is 44.2 Å². The van der Waals surface area contributed by atoms with Crippen LogP contribution in [0.5, 0.6) is 5.88 Å². The minimum Gasteiger partial charge on any atom is -0.494 e. The van der Waals surface area contributed by atoms with E-state index in [9.17, 15) is 15.2 Å². The van der Waals surface area contributed by atoms with Gasteiger partial charge in [0, 0.05) is 12.8 Å². The van der Waals surface area contributed by atoms with E-state index in [4.69, 9.17) is 0 Å². The lowest BCUT2D eigenvalue weighted by molar-refractivity contribution is 0.400. The number of nitriles is 1. The summed E-state index contributed by atoms with van der Waals surface area (Å²) in [5, 5.41) is 19.8. The Balaban J connectivity index is 2.54. The number of aromatic nitrogens is 1. The summed E-state index contributed by atoms with van der Waals surface area (Å²) in [4.78, 5) is 16.7. The van der Waals surface area contributed by atoms with Gasteiger partial charge in [-0.3, -0.25) is 14.4 Å². The van der Waals surface area contributed by atoms with Gasteiger partial charge in [-0.1, -0.05) is 31.0 Å². The standard InChI is InChI=1S/C19H21N3O2/c1-4-5-10-22-18(23)16(11-20)14(3)17(19(22)24)12-21-15-8-6-13(2)7-9-15/h6-9,12,24H,4-5,10H2,1-3H3. The van der Waals surface area contributed by atoms with Crippen molar-refractivity contribution in [3.8, 4) is 11.9 Å². The van der Waals surface area contributed by atoms with Gasteiger partial charge in [-0.25, -0.2) is 0 Å². The highest BCUT2D eigenvalue weighted by Crippen LogP contribution is 2.21. The third-order valence-electron chi connectivity index (χ3n) is 3.96. The molecule has 1 N–H and O–H groups in total. The van der Waals surface area contributed by atoms with Crippen LogP contribution in [-0.2, 0) is 6.54 Å². The molecule has 0 saturated heterocycles. The molecule has 124 valence electrons. The molecule has 0 fully saturated rings. The van der Waals surface area contributed by atoms with Gasteiger partial charge in [-0.05, 0) is 38.0 Å². The topological polar surface area (TPSA) is 78.4 Å². The molecule has 0 amide bonds. The van der Waals surface area contributed by atoms with Gasteiger partial charge in [0.1, 0.15) is 11.6 Å². The van der Waals surface area contributed by atoms with Crippen molar-refractivity contribution in [2.24, 2.45) is 4.99 Å². The molecule has 2 aromatic rings. The van der Waals surface area contributed by atoms with Crippen LogP contribution in [0.3, 0.4) is 0 Å². The zero-order chi connectivity index (χ0) is 17.7. The fourth-order valence-corrected chi connectivity index (χ4v) is 2.42. The third kappa shape index (κ3) is 3.54. The number of hydrogen-bond acceptors (Lipinski definition) is 4. The number of rotatable bonds is 5. The van der Waals surface area contributed by atoms with Crippen LogP contribution in [0.25, 0.3) is 0 Å². The Morgan fingerprint density at radius 3 is 2.54 bits per heavy atom. The van der Waals surface area contributed by atoms with E-state index in [0.29, 0.717) is 17.7 Å². The Kier molecular flexibility index (Phi) is 5.54. The number of unbranched alkanes of at least 4 members (excludes halogenated alkanes) is 1. The highest BCUT2D eigenvalue weighted by molar-refractivity contribution is 5.87. The number of pyridine rings is 1. The predicted molar refractivity (Wildman–Crippen MR) is 95.2 cm³/mol. The second-order valence-corrected chi connectivity index (χ2v) is 5.75. The van der Waals surface area contributed by atoms with Crippen LogP contribution in [0, 0.1) is 25.2 Å². The average molecular weight is 323 g/mol. The average Bonchev–Trinajstić information content (AvgIpc) is 2.57. The molecule has 0 unspecified atom stereocenters. The third-order valence-corrected chi connectivity index (χ3v) is 3.96. The molecule has 5 nitrogen and oxygen atoms in total. The van der Waals surface area contributed by atoms with Gasteiger partial charge >= 0.3 is 0 Å². The largest absolute Gasteiger partial charge is 0.494 e. The summed E-state index contributed by atoms with van der Waals surface area (Å²) in [6.07, 6.45) is 3.14. The first-order valence-corrected chi connectivity index (χ1v) is 7.96. The van der Waals surface area contributed by atoms with Crippen molar-refractivity contribution >= 4 is 11.9 Å². The van der Waals surface area contributed by atoms with Gasteiger partial charge in [0.05, 0.1) is 11.3 Å². The van der Waals surface area contributed by atoms with Gasteiger partial charge in [0.25, 0.3) is 5.56 Å². The summed E-state index contributed by atoms with van der Waals surface area (Å²) in [6.45, 7) is 6.02. The Morgan fingerprint density at radius 1 is 1.29 bits per heavy atom. The molecule has 5 heteroatoms. The number of nitrogens with zero attached hydrogens (tertiary/aromatic N) is 3. The predicted octanol–water partition coefficient (Wildman–Crippen LogP) is 3.59. The molecule has 0 bridgehead atoms. The van der Waals surface area contributed by atoms with Gasteiger partial charge in [-0.15, -0.1) is 0 Å². The Hall–Kier alpha value is -2.87. The van der Waals surface area contributed by atoms with E-state index in [-0.39, 0.29) is 11.4 Å². The summed E-state index contributed by atoms with van der Waals surface area (Å²) in [7, 11) is 0. The Morgan fingerprint density at radius 2 is 1.96 bits per heavy atom. The quantitative estimate of drug-likeness (QED) is 0.854. The minimum atomic E-state index is -0.451. The molecule has 0 spiro atoms. The summed E-state index contributed by atoms with van der Waals surface area (Å²) in [6, 6.07) is 9.58. The van der Waals surface area contributed by atoms with Gasteiger partial charge < -0.3 is 5.11 Å². The summed E-state index contributed by atoms with van der Waals surface area (Å²) in [5.41, 5.74) is 2.33. The van der Waals surface area contributed by atoms with E-state index in [2.05, 4.69) is 4.99 Å². The first-order chi connectivity index (χ1) is 11.5. The molecular weight excluding hydrogens is 302 g/mol. The maximum Gasteiger partial charge on any atom is 0.271 e. The number of aromatic hydroxyl groups is 1. The summed E-state index contributed by atoms with van der Waals surface area (Å²) in [5.74, 6) is -0.138. The van der Waals surface area contributed by atoms with Crippen LogP contribution >= 0.6 is 0 Å². The number of benzene rings is 1. The van der Waals surface area contributed by atoms with Crippen LogP contribution in [0.4, 0.5) is 5.69 Å². The first-order valence-electron chi connectivity index (χ1n) is 7.96. The highest BCUT2D eigenvalue weighted by Gasteiger charge is 2.17. The van der Waals surface area contributed by atoms with Crippen LogP contribution in [0.2, 0.25) is 0 Å². The number of aryl methyl sites for hydroxylation is 1. The molecule has 0 saturated carbocycles. The molecule has 1 heterocycles. The van der Waals surface area contributed by atoms with E-state index in [0.717, 1.165) is 24.1 Å². The molecule has 1 aromatic carbocycles. The SMILES string of the molecule is CCCCn1c(O)c(C=Nc2ccc(C)cc2)c(C)c(C#N)c1=O. The van der Waals surface area contributed by atoms with Crippen molar-refractivity contribution in [1.29, 1.82) is 5.26 Å². The van der Waals surface area contributed by atoms with Gasteiger partial charge in [-0.2, -0.15) is 5.26 Å². The fraction of sp³-hybridized carbons (Fsp3) is 0.316. The lowest BCUT2D eigenvalue weighted by atomic mass is 10.1. The monoisotopic (exact) mass is 323 g/mol. The van der Waals surface area contributed by atoms with E-state index in [1.165, 1.54) is 10.8 Å². The van der Waals surface area contributed by atoms with Gasteiger partial charge in [0.2, 0.25) is 5.88 Å². The van der Waals surface area contributed by atoms with Crippen molar-refractivity contribution in [3.05, 3.63) is 56.9 Å². The molecule has 0 aliphatic carbocycles. The van der Waals surface area contributed by atoms with Crippen molar-refractivity contribution in [2.75, 3.05) is 0 Å². The molecular formula is C19H21N3O2. The fourth-order valence-electron chi connectivity index (χ4n) is 2.42. The van der Waals surface area contributed by atoms with Crippen molar-refractivity contribution in [1.82, 2.24) is 4.57 Å². The van der Waals surface area contributed by atoms with Crippen LogP contribution in [0.1, 0.15) is 42.0 Å². The summed E-state index contributed by atoms with van der Waals surface area (Å²) < 4.78 is 1.26. The second kappa shape index (κ2) is 7.60. The zero-order valence-electron chi connectivity index (χ0n) is 14.2. The lowest BCUT2D eigenvalue weighted by Crippen LogP contribution is -2.25. The van der Waals surface area contributed by atoms with E-state index in [1.54, 1.807) is 6.92 Å². The van der Waals surface area contributed by atoms with Gasteiger partial charge in [0.15, 0.2) is 0 Å². The first kappa shape index (κ1) is 17.5. The normalized spacial score (nSPS) is 10.9. The Bertz CT molecular complexity index is 856. The maximum atomic E-state index is 12.3.